The number of nitrogens with zero attached hydrogens (tertiary/aromatic N) is 1. The maximum atomic E-state index is 11.5. The van der Waals surface area contributed by atoms with Gasteiger partial charge in [0.05, 0.1) is 0 Å². The average Bonchev–Trinajstić information content (AvgIpc) is 3.10. The van der Waals surface area contributed by atoms with Gasteiger partial charge in [-0.25, -0.2) is 0 Å². The molecule has 2 atom stereocenters. The monoisotopic (exact) mass is 254 g/mol. The van der Waals surface area contributed by atoms with Crippen molar-refractivity contribution in [3.63, 3.8) is 0 Å². The molecule has 0 aromatic carbocycles. The Kier molecular flexibility index (Phi) is 4.28. The molecule has 0 aliphatic heterocycles. The largest absolute Gasteiger partial charge is 0.480 e. The molecule has 104 valence electrons. The zero-order valence-corrected chi connectivity index (χ0v) is 11.6. The minimum atomic E-state index is -0.665. The van der Waals surface area contributed by atoms with E-state index in [4.69, 9.17) is 0 Å². The highest BCUT2D eigenvalue weighted by Crippen LogP contribution is 2.38. The molecule has 2 N–H and O–H groups in total. The first-order valence-corrected chi connectivity index (χ1v) is 7.30. The Bertz CT molecular complexity index is 304. The van der Waals surface area contributed by atoms with Gasteiger partial charge in [0, 0.05) is 6.04 Å². The third kappa shape index (κ3) is 2.54. The molecule has 2 saturated carbocycles. The first-order chi connectivity index (χ1) is 8.64. The van der Waals surface area contributed by atoms with E-state index in [0.29, 0.717) is 0 Å². The van der Waals surface area contributed by atoms with Gasteiger partial charge in [0.1, 0.15) is 5.54 Å². The van der Waals surface area contributed by atoms with E-state index in [0.717, 1.165) is 44.8 Å². The summed E-state index contributed by atoms with van der Waals surface area (Å²) in [6.07, 6.45) is 6.53. The van der Waals surface area contributed by atoms with Crippen LogP contribution in [0, 0.1) is 5.92 Å². The lowest BCUT2D eigenvalue weighted by Gasteiger charge is -2.32. The summed E-state index contributed by atoms with van der Waals surface area (Å²) in [4.78, 5) is 14.1. The SMILES string of the molecule is CCN(CCC1CCCC1(NC)C(=O)O)C1CC1. The molecule has 0 saturated heterocycles. The Morgan fingerprint density at radius 2 is 2.17 bits per heavy atom. The summed E-state index contributed by atoms with van der Waals surface area (Å²) in [7, 11) is 1.80. The molecule has 2 aliphatic rings. The van der Waals surface area contributed by atoms with Gasteiger partial charge < -0.3 is 15.3 Å². The number of hydrogen-bond donors (Lipinski definition) is 2. The number of nitrogens with one attached hydrogen (secondary N) is 1. The van der Waals surface area contributed by atoms with E-state index in [1.807, 2.05) is 0 Å². The van der Waals surface area contributed by atoms with Crippen molar-refractivity contribution < 1.29 is 9.90 Å². The van der Waals surface area contributed by atoms with Crippen molar-refractivity contribution >= 4 is 5.97 Å². The van der Waals surface area contributed by atoms with E-state index in [2.05, 4.69) is 17.1 Å². The van der Waals surface area contributed by atoms with Gasteiger partial charge >= 0.3 is 5.97 Å². The maximum absolute atomic E-state index is 11.5. The molecule has 0 bridgehead atoms. The van der Waals surface area contributed by atoms with Crippen LogP contribution in [0.3, 0.4) is 0 Å². The van der Waals surface area contributed by atoms with Crippen LogP contribution in [-0.2, 0) is 4.79 Å². The molecular weight excluding hydrogens is 228 g/mol. The third-order valence-electron chi connectivity index (χ3n) is 4.88. The second-order valence-electron chi connectivity index (χ2n) is 5.76. The molecule has 0 amide bonds. The zero-order chi connectivity index (χ0) is 13.2. The average molecular weight is 254 g/mol. The van der Waals surface area contributed by atoms with Crippen LogP contribution in [0.5, 0.6) is 0 Å². The Labute approximate surface area is 110 Å². The Hall–Kier alpha value is -0.610. The molecule has 0 aromatic rings. The molecular formula is C14H26N2O2. The van der Waals surface area contributed by atoms with E-state index < -0.39 is 11.5 Å². The van der Waals surface area contributed by atoms with Gasteiger partial charge in [0.2, 0.25) is 0 Å². The van der Waals surface area contributed by atoms with Crippen molar-refractivity contribution in [1.29, 1.82) is 0 Å². The van der Waals surface area contributed by atoms with Gasteiger partial charge in [-0.05, 0) is 58.2 Å². The summed E-state index contributed by atoms with van der Waals surface area (Å²) < 4.78 is 0. The minimum Gasteiger partial charge on any atom is -0.480 e. The van der Waals surface area contributed by atoms with Crippen molar-refractivity contribution in [3.05, 3.63) is 0 Å². The minimum absolute atomic E-state index is 0.285. The standard InChI is InChI=1S/C14H26N2O2/c1-3-16(12-6-7-12)10-8-11-5-4-9-14(11,15-2)13(17)18/h11-12,15H,3-10H2,1-2H3,(H,17,18). The number of hydrogen-bond acceptors (Lipinski definition) is 3. The molecule has 18 heavy (non-hydrogen) atoms. The van der Waals surface area contributed by atoms with Gasteiger partial charge in [-0.1, -0.05) is 13.3 Å². The van der Waals surface area contributed by atoms with Gasteiger partial charge in [-0.3, -0.25) is 4.79 Å². The normalized spacial score (nSPS) is 32.1. The fourth-order valence-corrected chi connectivity index (χ4v) is 3.55. The predicted molar refractivity (Wildman–Crippen MR) is 71.7 cm³/mol. The number of carboxylic acids is 1. The van der Waals surface area contributed by atoms with Gasteiger partial charge in [-0.15, -0.1) is 0 Å². The summed E-state index contributed by atoms with van der Waals surface area (Å²) in [5.41, 5.74) is -0.664. The second-order valence-corrected chi connectivity index (χ2v) is 5.76. The highest BCUT2D eigenvalue weighted by atomic mass is 16.4. The smallest absolute Gasteiger partial charge is 0.324 e. The highest BCUT2D eigenvalue weighted by molar-refractivity contribution is 5.79. The van der Waals surface area contributed by atoms with Crippen molar-refractivity contribution in [1.82, 2.24) is 10.2 Å². The first kappa shape index (κ1) is 13.8. The summed E-state index contributed by atoms with van der Waals surface area (Å²) >= 11 is 0. The van der Waals surface area contributed by atoms with Crippen LogP contribution in [0.1, 0.15) is 45.4 Å². The first-order valence-electron chi connectivity index (χ1n) is 7.30. The van der Waals surface area contributed by atoms with Gasteiger partial charge in [0.15, 0.2) is 0 Å². The van der Waals surface area contributed by atoms with Gasteiger partial charge in [-0.2, -0.15) is 0 Å². The van der Waals surface area contributed by atoms with Crippen LogP contribution in [0.25, 0.3) is 0 Å². The molecule has 0 aromatic heterocycles. The maximum Gasteiger partial charge on any atom is 0.324 e. The van der Waals surface area contributed by atoms with Crippen LogP contribution in [0.2, 0.25) is 0 Å². The Morgan fingerprint density at radius 3 is 2.67 bits per heavy atom. The van der Waals surface area contributed by atoms with Crippen molar-refractivity contribution in [3.8, 4) is 0 Å². The lowest BCUT2D eigenvalue weighted by Crippen LogP contribution is -2.53. The molecule has 0 spiro atoms. The molecule has 0 radical (unpaired) electrons. The summed E-state index contributed by atoms with van der Waals surface area (Å²) in [5, 5.41) is 12.6. The van der Waals surface area contributed by atoms with Crippen LogP contribution in [0.4, 0.5) is 0 Å². The quantitative estimate of drug-likeness (QED) is 0.726. The Morgan fingerprint density at radius 1 is 1.44 bits per heavy atom. The molecule has 2 unspecified atom stereocenters. The lowest BCUT2D eigenvalue weighted by molar-refractivity contribution is -0.146. The van der Waals surface area contributed by atoms with Crippen LogP contribution >= 0.6 is 0 Å². The summed E-state index contributed by atoms with van der Waals surface area (Å²) in [5.74, 6) is -0.380. The van der Waals surface area contributed by atoms with E-state index >= 15 is 0 Å². The molecule has 2 rings (SSSR count). The number of rotatable bonds is 7. The fraction of sp³-hybridized carbons (Fsp3) is 0.929. The highest BCUT2D eigenvalue weighted by Gasteiger charge is 2.47. The Balaban J connectivity index is 1.92. The van der Waals surface area contributed by atoms with E-state index in [-0.39, 0.29) is 5.92 Å². The number of carbonyl (C=O) groups is 1. The predicted octanol–water partition coefficient (Wildman–Crippen LogP) is 1.70. The van der Waals surface area contributed by atoms with Crippen molar-refractivity contribution in [2.75, 3.05) is 20.1 Å². The van der Waals surface area contributed by atoms with E-state index in [9.17, 15) is 9.90 Å². The summed E-state index contributed by atoms with van der Waals surface area (Å²) in [6, 6.07) is 0.783. The molecule has 4 heteroatoms. The number of likely N-dealkylation sites (N-methyl/N-ethyl adjacent to an activating group) is 1. The fourth-order valence-electron chi connectivity index (χ4n) is 3.55. The topological polar surface area (TPSA) is 52.6 Å². The van der Waals surface area contributed by atoms with Gasteiger partial charge in [0.25, 0.3) is 0 Å². The second kappa shape index (κ2) is 5.57. The lowest BCUT2D eigenvalue weighted by atomic mass is 9.84. The van der Waals surface area contributed by atoms with E-state index in [1.165, 1.54) is 12.8 Å². The van der Waals surface area contributed by atoms with Crippen LogP contribution < -0.4 is 5.32 Å². The number of aliphatic carboxylic acids is 1. The van der Waals surface area contributed by atoms with Crippen LogP contribution in [0.15, 0.2) is 0 Å². The van der Waals surface area contributed by atoms with E-state index in [1.54, 1.807) is 7.05 Å². The molecule has 4 nitrogen and oxygen atoms in total. The van der Waals surface area contributed by atoms with Crippen molar-refractivity contribution in [2.24, 2.45) is 5.92 Å². The summed E-state index contributed by atoms with van der Waals surface area (Å²) in [6.45, 7) is 4.36. The zero-order valence-electron chi connectivity index (χ0n) is 11.6. The van der Waals surface area contributed by atoms with Crippen LogP contribution in [-0.4, -0.2) is 47.7 Å². The third-order valence-corrected chi connectivity index (χ3v) is 4.88. The van der Waals surface area contributed by atoms with Crippen molar-refractivity contribution in [2.45, 2.75) is 57.0 Å². The molecule has 0 heterocycles. The number of carboxylic acid groups (broad SMARTS) is 1. The molecule has 2 fully saturated rings. The molecule has 2 aliphatic carbocycles.